The van der Waals surface area contributed by atoms with Gasteiger partial charge in [0.25, 0.3) is 6.29 Å². The molecule has 1 fully saturated rings. The van der Waals surface area contributed by atoms with Crippen LogP contribution in [0.4, 0.5) is 4.79 Å². The van der Waals surface area contributed by atoms with E-state index in [4.69, 9.17) is 26.8 Å². The minimum Gasteiger partial charge on any atom is -0.422 e. The lowest BCUT2D eigenvalue weighted by Crippen LogP contribution is -2.54. The average molecular weight is 411 g/mol. The average Bonchev–Trinajstić information content (AvgIpc) is 2.67. The van der Waals surface area contributed by atoms with E-state index in [9.17, 15) is 14.4 Å². The first kappa shape index (κ1) is 22.2. The lowest BCUT2D eigenvalue weighted by atomic mass is 9.67. The third-order valence-corrected chi connectivity index (χ3v) is 5.44. The quantitative estimate of drug-likeness (QED) is 0.551. The van der Waals surface area contributed by atoms with Crippen LogP contribution < -0.4 is 11.1 Å². The molecule has 8 heteroatoms. The van der Waals surface area contributed by atoms with E-state index in [0.717, 1.165) is 0 Å². The Morgan fingerprint density at radius 1 is 1.21 bits per heavy atom. The molecule has 2 unspecified atom stereocenters. The van der Waals surface area contributed by atoms with Crippen LogP contribution in [0.15, 0.2) is 24.3 Å². The first-order valence-electron chi connectivity index (χ1n) is 9.36. The number of rotatable bonds is 6. The second kappa shape index (κ2) is 9.39. The van der Waals surface area contributed by atoms with Gasteiger partial charge in [-0.05, 0) is 30.4 Å². The van der Waals surface area contributed by atoms with Crippen molar-refractivity contribution in [2.75, 3.05) is 7.05 Å². The second-order valence-electron chi connectivity index (χ2n) is 7.28. The molecule has 0 spiro atoms. The fraction of sp³-hybridized carbons (Fsp3) is 0.550. The summed E-state index contributed by atoms with van der Waals surface area (Å²) in [7, 11) is 1.38. The largest absolute Gasteiger partial charge is 0.422 e. The summed E-state index contributed by atoms with van der Waals surface area (Å²) in [5.74, 6) is -1.12. The number of ether oxygens (including phenoxy) is 2. The molecule has 1 aromatic rings. The molecular formula is C20H27ClN2O5. The molecule has 1 aliphatic rings. The van der Waals surface area contributed by atoms with Crippen LogP contribution in [0.25, 0.3) is 0 Å². The zero-order valence-corrected chi connectivity index (χ0v) is 17.1. The predicted molar refractivity (Wildman–Crippen MR) is 105 cm³/mol. The number of alkyl carbamates (subject to hydrolysis) is 1. The summed E-state index contributed by atoms with van der Waals surface area (Å²) in [6.45, 7) is 3.55. The third-order valence-electron chi connectivity index (χ3n) is 5.11. The standard InChI is InChI=1S/C20H27ClN2O5/c1-12(2)16(22)17(25)27-18(28-19(26)23-3)20(11-7-6-10-15(20)24)13-8-4-5-9-14(13)21/h4-5,8-9,12,16,18H,6-7,10-11,22H2,1-3H3,(H,23,26)/t16?,18?,20-/m1/s1. The van der Waals surface area contributed by atoms with Gasteiger partial charge in [-0.15, -0.1) is 0 Å². The molecule has 7 nitrogen and oxygen atoms in total. The number of hydrogen-bond acceptors (Lipinski definition) is 6. The molecule has 3 N–H and O–H groups in total. The SMILES string of the molecule is CNC(=O)OC(OC(=O)C(N)C(C)C)[C@@]1(c2ccccc2Cl)CCCCC1=O. The third kappa shape index (κ3) is 4.47. The van der Waals surface area contributed by atoms with Crippen molar-refractivity contribution in [2.24, 2.45) is 11.7 Å². The molecule has 1 amide bonds. The van der Waals surface area contributed by atoms with Crippen LogP contribution in [0.3, 0.4) is 0 Å². The monoisotopic (exact) mass is 410 g/mol. The summed E-state index contributed by atoms with van der Waals surface area (Å²) < 4.78 is 10.9. The van der Waals surface area contributed by atoms with Crippen LogP contribution in [-0.4, -0.2) is 37.2 Å². The highest BCUT2D eigenvalue weighted by Crippen LogP contribution is 2.44. The Morgan fingerprint density at radius 3 is 2.46 bits per heavy atom. The number of nitrogens with one attached hydrogen (secondary N) is 1. The van der Waals surface area contributed by atoms with Crippen molar-refractivity contribution in [3.63, 3.8) is 0 Å². The molecule has 154 valence electrons. The van der Waals surface area contributed by atoms with Crippen molar-refractivity contribution in [1.29, 1.82) is 0 Å². The van der Waals surface area contributed by atoms with Gasteiger partial charge in [0, 0.05) is 18.5 Å². The van der Waals surface area contributed by atoms with E-state index in [1.54, 1.807) is 38.1 Å². The van der Waals surface area contributed by atoms with E-state index >= 15 is 0 Å². The van der Waals surface area contributed by atoms with E-state index in [0.29, 0.717) is 29.8 Å². The van der Waals surface area contributed by atoms with Crippen LogP contribution in [-0.2, 0) is 24.5 Å². The van der Waals surface area contributed by atoms with Gasteiger partial charge in [0.05, 0.1) is 0 Å². The molecule has 1 saturated carbocycles. The highest BCUT2D eigenvalue weighted by Gasteiger charge is 2.53. The van der Waals surface area contributed by atoms with Crippen molar-refractivity contribution in [3.05, 3.63) is 34.9 Å². The summed E-state index contributed by atoms with van der Waals surface area (Å²) in [5, 5.41) is 2.67. The van der Waals surface area contributed by atoms with Gasteiger partial charge >= 0.3 is 12.1 Å². The Balaban J connectivity index is 2.55. The Kier molecular flexibility index (Phi) is 7.43. The summed E-state index contributed by atoms with van der Waals surface area (Å²) in [4.78, 5) is 37.8. The number of carbonyl (C=O) groups is 3. The van der Waals surface area contributed by atoms with E-state index in [2.05, 4.69) is 5.32 Å². The van der Waals surface area contributed by atoms with Gasteiger partial charge in [-0.1, -0.05) is 50.1 Å². The molecule has 1 aliphatic carbocycles. The molecule has 0 aromatic heterocycles. The number of Topliss-reactive ketones (excluding diaryl/α,β-unsaturated/α-hetero) is 1. The molecule has 28 heavy (non-hydrogen) atoms. The first-order chi connectivity index (χ1) is 13.2. The Bertz CT molecular complexity index is 739. The number of ketones is 1. The minimum atomic E-state index is -1.47. The maximum Gasteiger partial charge on any atom is 0.410 e. The maximum absolute atomic E-state index is 13.2. The number of amides is 1. The van der Waals surface area contributed by atoms with Crippen molar-refractivity contribution in [3.8, 4) is 0 Å². The number of benzene rings is 1. The van der Waals surface area contributed by atoms with Crippen LogP contribution in [0.5, 0.6) is 0 Å². The Labute approximate surface area is 169 Å². The summed E-state index contributed by atoms with van der Waals surface area (Å²) in [5.41, 5.74) is 5.00. The predicted octanol–water partition coefficient (Wildman–Crippen LogP) is 2.93. The van der Waals surface area contributed by atoms with Gasteiger partial charge in [0.1, 0.15) is 11.5 Å². The fourth-order valence-electron chi connectivity index (χ4n) is 3.37. The molecule has 3 atom stereocenters. The van der Waals surface area contributed by atoms with Gasteiger partial charge in [-0.25, -0.2) is 4.79 Å². The van der Waals surface area contributed by atoms with Crippen LogP contribution in [0.2, 0.25) is 5.02 Å². The summed E-state index contributed by atoms with van der Waals surface area (Å²) >= 11 is 6.40. The van der Waals surface area contributed by atoms with Crippen LogP contribution in [0, 0.1) is 5.92 Å². The van der Waals surface area contributed by atoms with Crippen LogP contribution in [0.1, 0.15) is 45.1 Å². The maximum atomic E-state index is 13.2. The molecule has 0 aliphatic heterocycles. The zero-order chi connectivity index (χ0) is 20.9. The molecular weight excluding hydrogens is 384 g/mol. The van der Waals surface area contributed by atoms with Gasteiger partial charge in [-0.3, -0.25) is 9.59 Å². The normalized spacial score (nSPS) is 21.7. The Hall–Kier alpha value is -2.12. The molecule has 2 rings (SSSR count). The number of halogens is 1. The lowest BCUT2D eigenvalue weighted by Gasteiger charge is -2.41. The summed E-state index contributed by atoms with van der Waals surface area (Å²) in [6.07, 6.45) is -0.290. The number of hydrogen-bond donors (Lipinski definition) is 2. The molecule has 1 aromatic carbocycles. The lowest BCUT2D eigenvalue weighted by molar-refractivity contribution is -0.187. The highest BCUT2D eigenvalue weighted by atomic mass is 35.5. The van der Waals surface area contributed by atoms with E-state index in [-0.39, 0.29) is 18.1 Å². The summed E-state index contributed by atoms with van der Waals surface area (Å²) in [6, 6.07) is 5.91. The van der Waals surface area contributed by atoms with E-state index in [1.807, 2.05) is 0 Å². The minimum absolute atomic E-state index is 0.188. The zero-order valence-electron chi connectivity index (χ0n) is 16.4. The van der Waals surface area contributed by atoms with Gasteiger partial charge in [0.15, 0.2) is 5.78 Å². The van der Waals surface area contributed by atoms with E-state index < -0.39 is 29.8 Å². The molecule has 0 saturated heterocycles. The topological polar surface area (TPSA) is 108 Å². The van der Waals surface area contributed by atoms with Gasteiger partial charge < -0.3 is 20.5 Å². The smallest absolute Gasteiger partial charge is 0.410 e. The van der Waals surface area contributed by atoms with Crippen molar-refractivity contribution < 1.29 is 23.9 Å². The van der Waals surface area contributed by atoms with E-state index in [1.165, 1.54) is 7.05 Å². The molecule has 0 heterocycles. The highest BCUT2D eigenvalue weighted by molar-refractivity contribution is 6.31. The Morgan fingerprint density at radius 2 is 1.89 bits per heavy atom. The van der Waals surface area contributed by atoms with Gasteiger partial charge in [-0.2, -0.15) is 0 Å². The van der Waals surface area contributed by atoms with Crippen molar-refractivity contribution in [1.82, 2.24) is 5.32 Å². The molecule has 0 bridgehead atoms. The second-order valence-corrected chi connectivity index (χ2v) is 7.68. The van der Waals surface area contributed by atoms with Gasteiger partial charge in [0.2, 0.25) is 0 Å². The molecule has 0 radical (unpaired) electrons. The van der Waals surface area contributed by atoms with Crippen molar-refractivity contribution in [2.45, 2.75) is 57.3 Å². The van der Waals surface area contributed by atoms with Crippen molar-refractivity contribution >= 4 is 29.4 Å². The first-order valence-corrected chi connectivity index (χ1v) is 9.74. The number of esters is 1. The number of carbonyl (C=O) groups excluding carboxylic acids is 3. The number of nitrogens with two attached hydrogens (primary N) is 1. The fourth-order valence-corrected chi connectivity index (χ4v) is 3.68. The van der Waals surface area contributed by atoms with Crippen LogP contribution >= 0.6 is 11.6 Å².